The van der Waals surface area contributed by atoms with Crippen LogP contribution in [0.3, 0.4) is 0 Å². The molecule has 0 radical (unpaired) electrons. The Morgan fingerprint density at radius 1 is 1.47 bits per heavy atom. The zero-order valence-corrected chi connectivity index (χ0v) is 13.3. The van der Waals surface area contributed by atoms with Gasteiger partial charge in [0.25, 0.3) is 0 Å². The zero-order valence-electron chi connectivity index (χ0n) is 11.6. The molecule has 4 nitrogen and oxygen atoms in total. The highest BCUT2D eigenvalue weighted by molar-refractivity contribution is 8.02. The van der Waals surface area contributed by atoms with Crippen molar-refractivity contribution in [3.63, 3.8) is 0 Å². The predicted molar refractivity (Wildman–Crippen MR) is 85.7 cm³/mol. The minimum absolute atomic E-state index is 0.0246. The van der Waals surface area contributed by atoms with Gasteiger partial charge in [0.2, 0.25) is 0 Å². The Labute approximate surface area is 124 Å². The summed E-state index contributed by atoms with van der Waals surface area (Å²) in [5.41, 5.74) is 5.91. The van der Waals surface area contributed by atoms with Crippen molar-refractivity contribution in [2.24, 2.45) is 5.73 Å². The van der Waals surface area contributed by atoms with Crippen LogP contribution in [-0.4, -0.2) is 50.1 Å². The highest BCUT2D eigenvalue weighted by Crippen LogP contribution is 2.34. The summed E-state index contributed by atoms with van der Waals surface area (Å²) in [5.74, 6) is 1.08. The Balaban J connectivity index is 1.84. The number of thioether (sulfide) groups is 1. The highest BCUT2D eigenvalue weighted by Gasteiger charge is 2.36. The summed E-state index contributed by atoms with van der Waals surface area (Å²) in [6.07, 6.45) is 8.14. The van der Waals surface area contributed by atoms with E-state index in [0.717, 1.165) is 44.8 Å². The van der Waals surface area contributed by atoms with Crippen molar-refractivity contribution in [1.82, 2.24) is 14.5 Å². The molecule has 0 saturated carbocycles. The van der Waals surface area contributed by atoms with Gasteiger partial charge < -0.3 is 15.2 Å². The number of aromatic nitrogens is 2. The van der Waals surface area contributed by atoms with Gasteiger partial charge in [-0.3, -0.25) is 0 Å². The maximum atomic E-state index is 5.91. The topological polar surface area (TPSA) is 47.1 Å². The van der Waals surface area contributed by atoms with Crippen molar-refractivity contribution >= 4 is 29.0 Å². The lowest BCUT2D eigenvalue weighted by atomic mass is 9.95. The van der Waals surface area contributed by atoms with Gasteiger partial charge in [0.05, 0.1) is 9.74 Å². The van der Waals surface area contributed by atoms with Crippen LogP contribution in [0, 0.1) is 6.92 Å². The second-order valence-electron chi connectivity index (χ2n) is 5.07. The molecule has 0 aromatic carbocycles. The van der Waals surface area contributed by atoms with Crippen molar-refractivity contribution in [1.29, 1.82) is 0 Å². The predicted octanol–water partition coefficient (Wildman–Crippen LogP) is 1.68. The third-order valence-electron chi connectivity index (χ3n) is 4.08. The molecule has 2 heterocycles. The monoisotopic (exact) mass is 298 g/mol. The molecule has 106 valence electrons. The van der Waals surface area contributed by atoms with Crippen LogP contribution < -0.4 is 5.73 Å². The summed E-state index contributed by atoms with van der Waals surface area (Å²) in [4.78, 5) is 7.41. The molecule has 0 spiro atoms. The Morgan fingerprint density at radius 3 is 2.63 bits per heavy atom. The Kier molecular flexibility index (Phi) is 4.86. The second kappa shape index (κ2) is 6.24. The molecule has 1 fully saturated rings. The van der Waals surface area contributed by atoms with Gasteiger partial charge in [-0.25, -0.2) is 4.98 Å². The van der Waals surface area contributed by atoms with E-state index < -0.39 is 0 Å². The smallest absolute Gasteiger partial charge is 0.105 e. The molecule has 1 saturated heterocycles. The van der Waals surface area contributed by atoms with Gasteiger partial charge >= 0.3 is 0 Å². The molecule has 0 amide bonds. The Hall–Kier alpha value is -0.590. The number of thiocarbonyl (C=S) groups is 1. The van der Waals surface area contributed by atoms with E-state index in [4.69, 9.17) is 18.0 Å². The Morgan fingerprint density at radius 2 is 2.16 bits per heavy atom. The first-order valence-corrected chi connectivity index (χ1v) is 8.26. The molecule has 0 atom stereocenters. The zero-order chi connectivity index (χ0) is 13.9. The van der Waals surface area contributed by atoms with Crippen LogP contribution in [0.15, 0.2) is 12.4 Å². The lowest BCUT2D eigenvalue weighted by Gasteiger charge is -2.40. The van der Waals surface area contributed by atoms with Crippen molar-refractivity contribution in [3.8, 4) is 0 Å². The van der Waals surface area contributed by atoms with Gasteiger partial charge in [-0.15, -0.1) is 0 Å². The largest absolute Gasteiger partial charge is 0.392 e. The van der Waals surface area contributed by atoms with Crippen molar-refractivity contribution in [3.05, 3.63) is 18.2 Å². The van der Waals surface area contributed by atoms with E-state index in [9.17, 15) is 0 Å². The van der Waals surface area contributed by atoms with Gasteiger partial charge in [0, 0.05) is 25.5 Å². The lowest BCUT2D eigenvalue weighted by molar-refractivity contribution is 0.212. The van der Waals surface area contributed by atoms with Crippen LogP contribution >= 0.6 is 24.0 Å². The summed E-state index contributed by atoms with van der Waals surface area (Å²) >= 11 is 7.05. The van der Waals surface area contributed by atoms with E-state index in [0.29, 0.717) is 4.99 Å². The molecule has 1 aromatic rings. The highest BCUT2D eigenvalue weighted by atomic mass is 32.2. The average Bonchev–Trinajstić information content (AvgIpc) is 2.82. The fourth-order valence-corrected chi connectivity index (χ4v) is 3.82. The quantitative estimate of drug-likeness (QED) is 0.838. The molecule has 2 rings (SSSR count). The number of nitrogens with two attached hydrogens (primary N) is 1. The number of aryl methyl sites for hydroxylation is 1. The van der Waals surface area contributed by atoms with Crippen molar-refractivity contribution in [2.45, 2.75) is 31.1 Å². The molecule has 0 unspecified atom stereocenters. The minimum Gasteiger partial charge on any atom is -0.392 e. The summed E-state index contributed by atoms with van der Waals surface area (Å²) in [5, 5.41) is 0. The number of rotatable bonds is 5. The molecular formula is C13H22N4S2. The third-order valence-corrected chi connectivity index (χ3v) is 6.01. The van der Waals surface area contributed by atoms with Crippen LogP contribution in [0.4, 0.5) is 0 Å². The van der Waals surface area contributed by atoms with Crippen LogP contribution in [-0.2, 0) is 6.54 Å². The fraction of sp³-hybridized carbons (Fsp3) is 0.692. The first-order valence-electron chi connectivity index (χ1n) is 6.62. The first kappa shape index (κ1) is 14.8. The standard InChI is InChI=1S/C13H22N4S2/c1-11-15-5-8-17(11)10-9-16-6-3-13(19-2,4-7-16)12(14)18/h5,8H,3-4,6-7,9-10H2,1-2H3,(H2,14,18). The minimum atomic E-state index is 0.0246. The van der Waals surface area contributed by atoms with Crippen LogP contribution in [0.5, 0.6) is 0 Å². The number of imidazole rings is 1. The van der Waals surface area contributed by atoms with Crippen LogP contribution in [0.2, 0.25) is 0 Å². The number of hydrogen-bond donors (Lipinski definition) is 1. The van der Waals surface area contributed by atoms with Gasteiger partial charge in [0.1, 0.15) is 5.82 Å². The summed E-state index contributed by atoms with van der Waals surface area (Å²) in [6.45, 7) is 6.27. The molecule has 0 aliphatic carbocycles. The summed E-state index contributed by atoms with van der Waals surface area (Å²) in [6, 6.07) is 0. The number of likely N-dealkylation sites (tertiary alicyclic amines) is 1. The van der Waals surface area contributed by atoms with Crippen molar-refractivity contribution in [2.75, 3.05) is 25.9 Å². The maximum absolute atomic E-state index is 5.91. The summed E-state index contributed by atoms with van der Waals surface area (Å²) in [7, 11) is 0. The van der Waals surface area contributed by atoms with E-state index in [1.54, 1.807) is 0 Å². The molecule has 19 heavy (non-hydrogen) atoms. The Bertz CT molecular complexity index is 436. The van der Waals surface area contributed by atoms with E-state index >= 15 is 0 Å². The number of nitrogens with zero attached hydrogens (tertiary/aromatic N) is 3. The van der Waals surface area contributed by atoms with E-state index in [2.05, 4.69) is 20.7 Å². The van der Waals surface area contributed by atoms with Crippen LogP contribution in [0.1, 0.15) is 18.7 Å². The number of piperidine rings is 1. The number of hydrogen-bond acceptors (Lipinski definition) is 4. The van der Waals surface area contributed by atoms with Crippen molar-refractivity contribution < 1.29 is 0 Å². The van der Waals surface area contributed by atoms with Gasteiger partial charge in [-0.1, -0.05) is 12.2 Å². The van der Waals surface area contributed by atoms with Gasteiger partial charge in [0.15, 0.2) is 0 Å². The normalized spacial score (nSPS) is 19.5. The second-order valence-corrected chi connectivity index (χ2v) is 6.70. The molecule has 2 N–H and O–H groups in total. The van der Waals surface area contributed by atoms with E-state index in [-0.39, 0.29) is 4.75 Å². The molecule has 1 aromatic heterocycles. The fourth-order valence-electron chi connectivity index (χ4n) is 2.58. The maximum Gasteiger partial charge on any atom is 0.105 e. The van der Waals surface area contributed by atoms with Crippen LogP contribution in [0.25, 0.3) is 0 Å². The lowest BCUT2D eigenvalue weighted by Crippen LogP contribution is -2.49. The average molecular weight is 298 g/mol. The third kappa shape index (κ3) is 3.30. The molecule has 0 bridgehead atoms. The molecule has 1 aliphatic heterocycles. The summed E-state index contributed by atoms with van der Waals surface area (Å²) < 4.78 is 2.22. The van der Waals surface area contributed by atoms with Gasteiger partial charge in [-0.05, 0) is 39.1 Å². The van der Waals surface area contributed by atoms with E-state index in [1.165, 1.54) is 0 Å². The molecule has 1 aliphatic rings. The molecular weight excluding hydrogens is 276 g/mol. The first-order chi connectivity index (χ1) is 9.07. The van der Waals surface area contributed by atoms with Gasteiger partial charge in [-0.2, -0.15) is 11.8 Å². The SMILES string of the molecule is CSC1(C(N)=S)CCN(CCn2ccnc2C)CC1. The van der Waals surface area contributed by atoms with E-state index in [1.807, 2.05) is 31.1 Å². The molecule has 6 heteroatoms.